The number of carbonyl (C=O) groups is 2. The lowest BCUT2D eigenvalue weighted by Crippen LogP contribution is -2.61. The van der Waals surface area contributed by atoms with Gasteiger partial charge in [-0.1, -0.05) is 6.58 Å². The molecule has 6 atom stereocenters. The molecule has 0 aromatic carbocycles. The summed E-state index contributed by atoms with van der Waals surface area (Å²) in [6.45, 7) is 5.98. The number of ketones is 1. The summed E-state index contributed by atoms with van der Waals surface area (Å²) in [6.07, 6.45) is 6.24. The third-order valence-corrected chi connectivity index (χ3v) is 8.25. The van der Waals surface area contributed by atoms with Crippen molar-refractivity contribution in [1.29, 1.82) is 0 Å². The molecule has 1 spiro atoms. The highest BCUT2D eigenvalue weighted by atomic mass is 16.6. The van der Waals surface area contributed by atoms with Gasteiger partial charge < -0.3 is 9.84 Å². The smallest absolute Gasteiger partial charge is 0.312 e. The van der Waals surface area contributed by atoms with Gasteiger partial charge in [0.2, 0.25) is 0 Å². The molecule has 4 nitrogen and oxygen atoms in total. The van der Waals surface area contributed by atoms with Gasteiger partial charge in [-0.2, -0.15) is 0 Å². The van der Waals surface area contributed by atoms with Gasteiger partial charge in [0.1, 0.15) is 5.60 Å². The number of carbonyl (C=O) groups excluding carboxylic acids is 2. The van der Waals surface area contributed by atoms with Gasteiger partial charge in [0.05, 0.1) is 11.0 Å². The summed E-state index contributed by atoms with van der Waals surface area (Å²) in [5.41, 5.74) is -1.99. The van der Waals surface area contributed by atoms with Crippen molar-refractivity contribution < 1.29 is 19.4 Å². The van der Waals surface area contributed by atoms with E-state index in [0.29, 0.717) is 18.4 Å². The Morgan fingerprint density at radius 3 is 2.65 bits per heavy atom. The molecule has 4 bridgehead atoms. The van der Waals surface area contributed by atoms with Gasteiger partial charge in [0, 0.05) is 22.8 Å². The van der Waals surface area contributed by atoms with Crippen molar-refractivity contribution in [3.8, 4) is 0 Å². The number of fused-ring (bicyclic) bond motifs is 1. The predicted octanol–water partition coefficient (Wildman–Crippen LogP) is 2.54. The molecule has 0 aromatic heterocycles. The van der Waals surface area contributed by atoms with E-state index < -0.39 is 16.6 Å². The molecule has 1 saturated heterocycles. The molecular weight excluding hydrogens is 292 g/mol. The highest BCUT2D eigenvalue weighted by Gasteiger charge is 2.76. The Labute approximate surface area is 136 Å². The zero-order chi connectivity index (χ0) is 16.3. The van der Waals surface area contributed by atoms with Crippen LogP contribution in [0.15, 0.2) is 12.2 Å². The van der Waals surface area contributed by atoms with E-state index in [4.69, 9.17) is 4.74 Å². The average molecular weight is 316 g/mol. The van der Waals surface area contributed by atoms with Crippen molar-refractivity contribution in [2.45, 2.75) is 69.5 Å². The fraction of sp³-hybridized carbons (Fsp3) is 0.789. The van der Waals surface area contributed by atoms with E-state index in [-0.39, 0.29) is 29.0 Å². The van der Waals surface area contributed by atoms with Crippen molar-refractivity contribution in [2.75, 3.05) is 0 Å². The van der Waals surface area contributed by atoms with Crippen LogP contribution in [0.4, 0.5) is 0 Å². The number of Topliss-reactive ketones (excluding diaryl/α,β-unsaturated/α-hetero) is 1. The highest BCUT2D eigenvalue weighted by molar-refractivity contribution is 6.05. The fourth-order valence-electron chi connectivity index (χ4n) is 7.22. The van der Waals surface area contributed by atoms with E-state index in [0.717, 1.165) is 38.5 Å². The summed E-state index contributed by atoms with van der Waals surface area (Å²) in [5, 5.41) is 10.8. The summed E-state index contributed by atoms with van der Waals surface area (Å²) in [7, 11) is 0. The standard InChI is InChI=1S/C19H24O4/c1-11-14(20)17-8-4-12-16(2)6-3-7-19(12,23-15(16)21)13(17)5-9-18(11,22)10-17/h12-13,22H,1,3-10H2,2H3/t12-,13+,16-,17-,18+,19+/m1/s1. The average Bonchev–Trinajstić information content (AvgIpc) is 2.73. The summed E-state index contributed by atoms with van der Waals surface area (Å²) in [4.78, 5) is 25.7. The molecule has 0 amide bonds. The van der Waals surface area contributed by atoms with Crippen LogP contribution in [0.1, 0.15) is 58.3 Å². The molecular formula is C19H24O4. The van der Waals surface area contributed by atoms with Gasteiger partial charge in [-0.05, 0) is 58.3 Å². The van der Waals surface area contributed by atoms with Crippen LogP contribution in [0.5, 0.6) is 0 Å². The number of hydrogen-bond acceptors (Lipinski definition) is 4. The van der Waals surface area contributed by atoms with Crippen molar-refractivity contribution in [3.05, 3.63) is 12.2 Å². The fourth-order valence-corrected chi connectivity index (χ4v) is 7.22. The van der Waals surface area contributed by atoms with Crippen molar-refractivity contribution in [1.82, 2.24) is 0 Å². The minimum absolute atomic E-state index is 0.0468. The second-order valence-electron chi connectivity index (χ2n) is 8.97. The molecule has 0 radical (unpaired) electrons. The van der Waals surface area contributed by atoms with Crippen LogP contribution >= 0.6 is 0 Å². The Kier molecular flexibility index (Phi) is 2.31. The Morgan fingerprint density at radius 2 is 1.87 bits per heavy atom. The number of esters is 1. The van der Waals surface area contributed by atoms with Gasteiger partial charge in [-0.3, -0.25) is 9.59 Å². The summed E-state index contributed by atoms with van der Waals surface area (Å²) < 4.78 is 6.11. The monoisotopic (exact) mass is 316 g/mol. The van der Waals surface area contributed by atoms with E-state index in [1.807, 2.05) is 0 Å². The SMILES string of the molecule is C=C1C(=O)[C@@]23CC[C@H]4[C@@]5(CCC[C@@]4(C)C(=O)O5)[C@H]2CC[C@]1(O)C3. The van der Waals surface area contributed by atoms with Gasteiger partial charge in [-0.25, -0.2) is 0 Å². The van der Waals surface area contributed by atoms with Crippen molar-refractivity contribution in [3.63, 3.8) is 0 Å². The maximum Gasteiger partial charge on any atom is 0.312 e. The summed E-state index contributed by atoms with van der Waals surface area (Å²) in [5.74, 6) is 0.291. The highest BCUT2D eigenvalue weighted by Crippen LogP contribution is 2.72. The van der Waals surface area contributed by atoms with Crippen LogP contribution < -0.4 is 0 Å². The molecule has 4 saturated carbocycles. The molecule has 4 aliphatic carbocycles. The minimum atomic E-state index is -1.02. The summed E-state index contributed by atoms with van der Waals surface area (Å²) in [6, 6.07) is 0. The normalized spacial score (nSPS) is 57.0. The lowest BCUT2D eigenvalue weighted by Gasteiger charge is -2.57. The van der Waals surface area contributed by atoms with E-state index in [1.165, 1.54) is 0 Å². The van der Waals surface area contributed by atoms with Crippen LogP contribution in [-0.2, 0) is 14.3 Å². The Hall–Kier alpha value is -1.16. The van der Waals surface area contributed by atoms with Crippen LogP contribution in [0, 0.1) is 22.7 Å². The van der Waals surface area contributed by atoms with Crippen LogP contribution in [-0.4, -0.2) is 28.1 Å². The molecule has 23 heavy (non-hydrogen) atoms. The predicted molar refractivity (Wildman–Crippen MR) is 82.4 cm³/mol. The lowest BCUT2D eigenvalue weighted by atomic mass is 9.46. The molecule has 1 heterocycles. The molecule has 1 aliphatic heterocycles. The van der Waals surface area contributed by atoms with E-state index >= 15 is 0 Å². The topological polar surface area (TPSA) is 63.6 Å². The van der Waals surface area contributed by atoms with Crippen LogP contribution in [0.2, 0.25) is 0 Å². The quantitative estimate of drug-likeness (QED) is 0.551. The molecule has 5 fully saturated rings. The van der Waals surface area contributed by atoms with E-state index in [9.17, 15) is 14.7 Å². The summed E-state index contributed by atoms with van der Waals surface area (Å²) >= 11 is 0. The van der Waals surface area contributed by atoms with Crippen molar-refractivity contribution >= 4 is 11.8 Å². The van der Waals surface area contributed by atoms with Crippen molar-refractivity contribution in [2.24, 2.45) is 22.7 Å². The third kappa shape index (κ3) is 1.29. The first-order chi connectivity index (χ1) is 10.8. The molecule has 5 rings (SSSR count). The lowest BCUT2D eigenvalue weighted by molar-refractivity contribution is -0.188. The first kappa shape index (κ1) is 14.2. The maximum atomic E-state index is 13.1. The minimum Gasteiger partial charge on any atom is -0.458 e. The molecule has 1 N–H and O–H groups in total. The van der Waals surface area contributed by atoms with E-state index in [1.54, 1.807) is 0 Å². The van der Waals surface area contributed by atoms with Gasteiger partial charge in [0.25, 0.3) is 0 Å². The number of rotatable bonds is 0. The molecule has 4 heteroatoms. The Morgan fingerprint density at radius 1 is 1.13 bits per heavy atom. The van der Waals surface area contributed by atoms with Gasteiger partial charge in [-0.15, -0.1) is 0 Å². The zero-order valence-electron chi connectivity index (χ0n) is 13.7. The molecule has 5 aliphatic rings. The Bertz CT molecular complexity index is 668. The van der Waals surface area contributed by atoms with Gasteiger partial charge >= 0.3 is 5.97 Å². The zero-order valence-corrected chi connectivity index (χ0v) is 13.7. The molecule has 0 unspecified atom stereocenters. The number of ether oxygens (including phenoxy) is 1. The Balaban J connectivity index is 1.67. The largest absolute Gasteiger partial charge is 0.458 e. The second kappa shape index (κ2) is 3.74. The first-order valence-electron chi connectivity index (χ1n) is 8.99. The van der Waals surface area contributed by atoms with Gasteiger partial charge in [0.15, 0.2) is 5.78 Å². The van der Waals surface area contributed by atoms with Crippen LogP contribution in [0.25, 0.3) is 0 Å². The first-order valence-corrected chi connectivity index (χ1v) is 8.99. The molecule has 124 valence electrons. The second-order valence-corrected chi connectivity index (χ2v) is 8.97. The maximum absolute atomic E-state index is 13.1. The molecule has 0 aromatic rings. The van der Waals surface area contributed by atoms with Crippen LogP contribution in [0.3, 0.4) is 0 Å². The number of hydrogen-bond donors (Lipinski definition) is 1. The number of aliphatic hydroxyl groups is 1. The third-order valence-electron chi connectivity index (χ3n) is 8.25. The van der Waals surface area contributed by atoms with E-state index in [2.05, 4.69) is 13.5 Å².